The summed E-state index contributed by atoms with van der Waals surface area (Å²) in [5.41, 5.74) is 0.680. The molecule has 3 aliphatic rings. The van der Waals surface area contributed by atoms with Crippen molar-refractivity contribution in [1.29, 1.82) is 0 Å². The number of carbonyl (C=O) groups excluding carboxylic acids is 1. The second kappa shape index (κ2) is 6.54. The highest BCUT2D eigenvalue weighted by Crippen LogP contribution is 2.48. The van der Waals surface area contributed by atoms with Gasteiger partial charge >= 0.3 is 5.97 Å². The number of hydrogen-bond acceptors (Lipinski definition) is 3. The molecule has 25 heavy (non-hydrogen) atoms. The average Bonchev–Trinajstić information content (AvgIpc) is 3.32. The lowest BCUT2D eigenvalue weighted by atomic mass is 9.82. The molecule has 2 fully saturated rings. The highest BCUT2D eigenvalue weighted by molar-refractivity contribution is 5.96. The SMILES string of the molecule is O=C(O)C1C2C=CC(C2)C1C(=O)Nc1ccc(OC2CCCC2)cc1. The van der Waals surface area contributed by atoms with E-state index < -0.39 is 17.8 Å². The maximum Gasteiger partial charge on any atom is 0.307 e. The van der Waals surface area contributed by atoms with E-state index in [1.807, 2.05) is 36.4 Å². The van der Waals surface area contributed by atoms with E-state index in [4.69, 9.17) is 4.74 Å². The number of ether oxygens (including phenoxy) is 1. The standard InChI is InChI=1S/C20H23NO4/c22-19(17-12-5-6-13(11-12)18(17)20(23)24)21-14-7-9-16(10-8-14)25-15-3-1-2-4-15/h5-10,12-13,15,17-18H,1-4,11H2,(H,21,22)(H,23,24). The van der Waals surface area contributed by atoms with Crippen LogP contribution in [-0.2, 0) is 9.59 Å². The van der Waals surface area contributed by atoms with Crippen LogP contribution in [0.4, 0.5) is 5.69 Å². The molecule has 0 aromatic heterocycles. The van der Waals surface area contributed by atoms with Crippen LogP contribution in [0.3, 0.4) is 0 Å². The third kappa shape index (κ3) is 3.15. The van der Waals surface area contributed by atoms with E-state index in [1.54, 1.807) is 0 Å². The summed E-state index contributed by atoms with van der Waals surface area (Å²) in [7, 11) is 0. The highest BCUT2D eigenvalue weighted by Gasteiger charge is 2.51. The van der Waals surface area contributed by atoms with E-state index in [0.717, 1.165) is 25.0 Å². The number of nitrogens with one attached hydrogen (secondary N) is 1. The summed E-state index contributed by atoms with van der Waals surface area (Å²) in [5, 5.41) is 12.3. The summed E-state index contributed by atoms with van der Waals surface area (Å²) < 4.78 is 5.92. The van der Waals surface area contributed by atoms with Crippen molar-refractivity contribution in [3.63, 3.8) is 0 Å². The number of hydrogen-bond donors (Lipinski definition) is 2. The fraction of sp³-hybridized carbons (Fsp3) is 0.500. The zero-order chi connectivity index (χ0) is 17.4. The Morgan fingerprint density at radius 1 is 1.00 bits per heavy atom. The van der Waals surface area contributed by atoms with Gasteiger partial charge in [0.15, 0.2) is 0 Å². The quantitative estimate of drug-likeness (QED) is 0.804. The molecular weight excluding hydrogens is 318 g/mol. The number of carbonyl (C=O) groups is 2. The molecule has 2 N–H and O–H groups in total. The van der Waals surface area contributed by atoms with Gasteiger partial charge in [0, 0.05) is 5.69 Å². The molecule has 0 saturated heterocycles. The maximum absolute atomic E-state index is 12.6. The van der Waals surface area contributed by atoms with Crippen molar-refractivity contribution >= 4 is 17.6 Å². The Balaban J connectivity index is 1.40. The smallest absolute Gasteiger partial charge is 0.307 e. The molecule has 4 unspecified atom stereocenters. The molecule has 1 aromatic carbocycles. The number of allylic oxidation sites excluding steroid dienone is 2. The minimum Gasteiger partial charge on any atom is -0.490 e. The average molecular weight is 341 g/mol. The summed E-state index contributed by atoms with van der Waals surface area (Å²) in [6.07, 6.45) is 9.67. The van der Waals surface area contributed by atoms with E-state index in [2.05, 4.69) is 5.32 Å². The molecule has 5 nitrogen and oxygen atoms in total. The number of benzene rings is 1. The molecule has 5 heteroatoms. The number of anilines is 1. The van der Waals surface area contributed by atoms with Gasteiger partial charge in [-0.3, -0.25) is 9.59 Å². The predicted molar refractivity (Wildman–Crippen MR) is 93.3 cm³/mol. The van der Waals surface area contributed by atoms with Gasteiger partial charge in [-0.15, -0.1) is 0 Å². The summed E-state index contributed by atoms with van der Waals surface area (Å²) in [6.45, 7) is 0. The molecule has 0 aliphatic heterocycles. The Hall–Kier alpha value is -2.30. The van der Waals surface area contributed by atoms with Crippen LogP contribution in [0.5, 0.6) is 5.75 Å². The third-order valence-corrected chi connectivity index (χ3v) is 5.77. The molecule has 3 aliphatic carbocycles. The molecule has 2 bridgehead atoms. The normalized spacial score (nSPS) is 30.6. The van der Waals surface area contributed by atoms with Crippen molar-refractivity contribution in [3.05, 3.63) is 36.4 Å². The van der Waals surface area contributed by atoms with Crippen LogP contribution in [0.15, 0.2) is 36.4 Å². The summed E-state index contributed by atoms with van der Waals surface area (Å²) in [5.74, 6) is -1.33. The summed E-state index contributed by atoms with van der Waals surface area (Å²) in [4.78, 5) is 24.2. The molecule has 1 aromatic rings. The minimum atomic E-state index is -0.877. The van der Waals surface area contributed by atoms with Crippen LogP contribution in [0.2, 0.25) is 0 Å². The van der Waals surface area contributed by atoms with E-state index in [9.17, 15) is 14.7 Å². The van der Waals surface area contributed by atoms with E-state index in [-0.39, 0.29) is 17.7 Å². The first-order valence-corrected chi connectivity index (χ1v) is 9.10. The van der Waals surface area contributed by atoms with E-state index >= 15 is 0 Å². The first-order chi connectivity index (χ1) is 12.1. The number of amides is 1. The molecule has 1 amide bonds. The number of aliphatic carboxylic acids is 1. The zero-order valence-electron chi connectivity index (χ0n) is 14.1. The highest BCUT2D eigenvalue weighted by atomic mass is 16.5. The van der Waals surface area contributed by atoms with Gasteiger partial charge in [0.2, 0.25) is 5.91 Å². The van der Waals surface area contributed by atoms with Gasteiger partial charge in [-0.2, -0.15) is 0 Å². The minimum absolute atomic E-state index is 0.0135. The fourth-order valence-corrected chi connectivity index (χ4v) is 4.56. The van der Waals surface area contributed by atoms with Crippen molar-refractivity contribution in [2.75, 3.05) is 5.32 Å². The van der Waals surface area contributed by atoms with E-state index in [0.29, 0.717) is 11.8 Å². The van der Waals surface area contributed by atoms with Gasteiger partial charge in [0.05, 0.1) is 17.9 Å². The lowest BCUT2D eigenvalue weighted by Gasteiger charge is -2.24. The van der Waals surface area contributed by atoms with Gasteiger partial charge in [-0.05, 0) is 68.2 Å². The van der Waals surface area contributed by atoms with Gasteiger partial charge in [0.1, 0.15) is 5.75 Å². The Morgan fingerprint density at radius 3 is 2.28 bits per heavy atom. The second-order valence-electron chi connectivity index (χ2n) is 7.38. The zero-order valence-corrected chi connectivity index (χ0v) is 14.1. The lowest BCUT2D eigenvalue weighted by Crippen LogP contribution is -2.36. The van der Waals surface area contributed by atoms with Crippen molar-refractivity contribution in [2.45, 2.75) is 38.2 Å². The molecular formula is C20H23NO4. The molecule has 0 heterocycles. The number of carboxylic acids is 1. The monoisotopic (exact) mass is 341 g/mol. The number of fused-ring (bicyclic) bond motifs is 2. The van der Waals surface area contributed by atoms with Crippen molar-refractivity contribution in [2.24, 2.45) is 23.7 Å². The molecule has 4 atom stereocenters. The van der Waals surface area contributed by atoms with Crippen molar-refractivity contribution < 1.29 is 19.4 Å². The summed E-state index contributed by atoms with van der Waals surface area (Å²) >= 11 is 0. The van der Waals surface area contributed by atoms with Crippen LogP contribution in [0.25, 0.3) is 0 Å². The van der Waals surface area contributed by atoms with Crippen LogP contribution < -0.4 is 10.1 Å². The number of carboxylic acid groups (broad SMARTS) is 1. The van der Waals surface area contributed by atoms with Crippen molar-refractivity contribution in [3.8, 4) is 5.75 Å². The molecule has 132 valence electrons. The molecule has 0 spiro atoms. The van der Waals surface area contributed by atoms with Crippen LogP contribution in [0, 0.1) is 23.7 Å². The second-order valence-corrected chi connectivity index (χ2v) is 7.38. The van der Waals surface area contributed by atoms with E-state index in [1.165, 1.54) is 12.8 Å². The number of rotatable bonds is 5. The largest absolute Gasteiger partial charge is 0.490 e. The van der Waals surface area contributed by atoms with Crippen molar-refractivity contribution in [1.82, 2.24) is 0 Å². The Kier molecular flexibility index (Phi) is 4.24. The predicted octanol–water partition coefficient (Wildman–Crippen LogP) is 3.47. The fourth-order valence-electron chi connectivity index (χ4n) is 4.56. The molecule has 0 radical (unpaired) electrons. The van der Waals surface area contributed by atoms with Gasteiger partial charge < -0.3 is 15.2 Å². The van der Waals surface area contributed by atoms with Crippen LogP contribution in [-0.4, -0.2) is 23.1 Å². The molecule has 4 rings (SSSR count). The van der Waals surface area contributed by atoms with Gasteiger partial charge in [-0.25, -0.2) is 0 Å². The van der Waals surface area contributed by atoms with Crippen LogP contribution >= 0.6 is 0 Å². The topological polar surface area (TPSA) is 75.6 Å². The van der Waals surface area contributed by atoms with Gasteiger partial charge in [-0.1, -0.05) is 12.2 Å². The van der Waals surface area contributed by atoms with Gasteiger partial charge in [0.25, 0.3) is 0 Å². The maximum atomic E-state index is 12.6. The Labute approximate surface area is 147 Å². The van der Waals surface area contributed by atoms with Crippen LogP contribution in [0.1, 0.15) is 32.1 Å². The summed E-state index contributed by atoms with van der Waals surface area (Å²) in [6, 6.07) is 7.37. The lowest BCUT2D eigenvalue weighted by molar-refractivity contribution is -0.146. The first kappa shape index (κ1) is 16.2. The molecule has 2 saturated carbocycles. The third-order valence-electron chi connectivity index (χ3n) is 5.77. The Bertz CT molecular complexity index is 690. The first-order valence-electron chi connectivity index (χ1n) is 9.10. The Morgan fingerprint density at radius 2 is 1.64 bits per heavy atom.